The van der Waals surface area contributed by atoms with Crippen molar-refractivity contribution in [2.75, 3.05) is 18.4 Å². The smallest absolute Gasteiger partial charge is 0.0583 e. The second-order valence-corrected chi connectivity index (χ2v) is 7.58. The molecule has 2 aromatic carbocycles. The van der Waals surface area contributed by atoms with Crippen molar-refractivity contribution in [2.24, 2.45) is 0 Å². The van der Waals surface area contributed by atoms with Crippen LogP contribution in [0.4, 0.5) is 5.69 Å². The van der Waals surface area contributed by atoms with Crippen molar-refractivity contribution in [3.05, 3.63) is 65.2 Å². The molecule has 25 heavy (non-hydrogen) atoms. The maximum Gasteiger partial charge on any atom is 0.0583 e. The standard InChI is InChI=1S/C23H30N2/c1-3-15-25(16-4-2)21-14-13-19-22-18(21)11-8-12-20(22)24-23(19)17-9-6-5-7-10-17/h5-12,19,21,23-24H,3-4,13-16H2,1-2H3. The summed E-state index contributed by atoms with van der Waals surface area (Å²) in [6.07, 6.45) is 5.04. The molecule has 4 rings (SSSR count). The van der Waals surface area contributed by atoms with Gasteiger partial charge in [0.1, 0.15) is 0 Å². The summed E-state index contributed by atoms with van der Waals surface area (Å²) in [7, 11) is 0. The molecule has 0 aromatic heterocycles. The molecular weight excluding hydrogens is 304 g/mol. The first-order valence-electron chi connectivity index (χ1n) is 10.0. The highest BCUT2D eigenvalue weighted by molar-refractivity contribution is 5.65. The maximum atomic E-state index is 3.84. The Morgan fingerprint density at radius 3 is 2.40 bits per heavy atom. The van der Waals surface area contributed by atoms with Gasteiger partial charge in [-0.2, -0.15) is 0 Å². The molecule has 2 heteroatoms. The van der Waals surface area contributed by atoms with Crippen molar-refractivity contribution in [3.8, 4) is 0 Å². The number of nitrogens with zero attached hydrogens (tertiary/aromatic N) is 1. The van der Waals surface area contributed by atoms with Gasteiger partial charge in [-0.3, -0.25) is 4.90 Å². The molecule has 0 radical (unpaired) electrons. The molecular formula is C23H30N2. The molecule has 0 spiro atoms. The third kappa shape index (κ3) is 2.97. The lowest BCUT2D eigenvalue weighted by Crippen LogP contribution is -2.33. The van der Waals surface area contributed by atoms with E-state index in [0.717, 1.165) is 0 Å². The van der Waals surface area contributed by atoms with Gasteiger partial charge < -0.3 is 5.32 Å². The molecule has 1 heterocycles. The van der Waals surface area contributed by atoms with Gasteiger partial charge in [0.05, 0.1) is 6.04 Å². The highest BCUT2D eigenvalue weighted by Crippen LogP contribution is 2.53. The van der Waals surface area contributed by atoms with Crippen LogP contribution in [0.15, 0.2) is 48.5 Å². The molecule has 2 aliphatic rings. The molecule has 0 saturated carbocycles. The Morgan fingerprint density at radius 1 is 0.920 bits per heavy atom. The fourth-order valence-electron chi connectivity index (χ4n) is 5.01. The van der Waals surface area contributed by atoms with Crippen molar-refractivity contribution < 1.29 is 0 Å². The third-order valence-electron chi connectivity index (χ3n) is 5.96. The van der Waals surface area contributed by atoms with Crippen LogP contribution >= 0.6 is 0 Å². The van der Waals surface area contributed by atoms with Gasteiger partial charge >= 0.3 is 0 Å². The van der Waals surface area contributed by atoms with E-state index in [1.807, 2.05) is 0 Å². The summed E-state index contributed by atoms with van der Waals surface area (Å²) in [6.45, 7) is 7.03. The summed E-state index contributed by atoms with van der Waals surface area (Å²) < 4.78 is 0. The Hall–Kier alpha value is -1.80. The summed E-state index contributed by atoms with van der Waals surface area (Å²) in [6, 6.07) is 18.9. The molecule has 0 amide bonds. The minimum atomic E-state index is 0.434. The molecule has 0 bridgehead atoms. The number of benzene rings is 2. The summed E-state index contributed by atoms with van der Waals surface area (Å²) in [4.78, 5) is 2.72. The minimum absolute atomic E-state index is 0.434. The lowest BCUT2D eigenvalue weighted by Gasteiger charge is -2.38. The van der Waals surface area contributed by atoms with E-state index in [4.69, 9.17) is 0 Å². The predicted molar refractivity (Wildman–Crippen MR) is 106 cm³/mol. The number of hydrogen-bond donors (Lipinski definition) is 1. The lowest BCUT2D eigenvalue weighted by atomic mass is 9.76. The van der Waals surface area contributed by atoms with Crippen molar-refractivity contribution in [1.82, 2.24) is 4.90 Å². The largest absolute Gasteiger partial charge is 0.377 e. The van der Waals surface area contributed by atoms with Crippen molar-refractivity contribution in [1.29, 1.82) is 0 Å². The molecule has 2 nitrogen and oxygen atoms in total. The van der Waals surface area contributed by atoms with Crippen LogP contribution < -0.4 is 5.32 Å². The van der Waals surface area contributed by atoms with Gasteiger partial charge in [0.25, 0.3) is 0 Å². The van der Waals surface area contributed by atoms with Crippen LogP contribution in [-0.2, 0) is 0 Å². The number of nitrogens with one attached hydrogen (secondary N) is 1. The number of rotatable bonds is 6. The van der Waals surface area contributed by atoms with E-state index >= 15 is 0 Å². The monoisotopic (exact) mass is 334 g/mol. The SMILES string of the molecule is CCCN(CCC)C1CCC2c3c(cccc31)NC2c1ccccc1. The zero-order valence-corrected chi connectivity index (χ0v) is 15.5. The Balaban J connectivity index is 1.69. The van der Waals surface area contributed by atoms with E-state index in [9.17, 15) is 0 Å². The highest BCUT2D eigenvalue weighted by Gasteiger charge is 2.40. The zero-order chi connectivity index (χ0) is 17.2. The molecule has 132 valence electrons. The van der Waals surface area contributed by atoms with Gasteiger partial charge in [-0.25, -0.2) is 0 Å². The maximum absolute atomic E-state index is 3.84. The quantitative estimate of drug-likeness (QED) is 0.708. The Morgan fingerprint density at radius 2 is 1.68 bits per heavy atom. The molecule has 1 aliphatic heterocycles. The van der Waals surface area contributed by atoms with Gasteiger partial charge in [0, 0.05) is 17.6 Å². The summed E-state index contributed by atoms with van der Waals surface area (Å²) in [5, 5.41) is 3.84. The van der Waals surface area contributed by atoms with Crippen LogP contribution in [0.3, 0.4) is 0 Å². The van der Waals surface area contributed by atoms with Gasteiger partial charge in [0.2, 0.25) is 0 Å². The van der Waals surface area contributed by atoms with Crippen LogP contribution in [0.25, 0.3) is 0 Å². The van der Waals surface area contributed by atoms with Crippen molar-refractivity contribution in [2.45, 2.75) is 57.5 Å². The summed E-state index contributed by atoms with van der Waals surface area (Å²) in [5.41, 5.74) is 5.98. The Kier molecular flexibility index (Phi) is 4.80. The normalized spacial score (nSPS) is 24.2. The lowest BCUT2D eigenvalue weighted by molar-refractivity contribution is 0.173. The van der Waals surface area contributed by atoms with Crippen LogP contribution in [0.1, 0.15) is 74.2 Å². The first kappa shape index (κ1) is 16.7. The van der Waals surface area contributed by atoms with Crippen LogP contribution in [-0.4, -0.2) is 18.0 Å². The van der Waals surface area contributed by atoms with E-state index in [1.165, 1.54) is 50.0 Å². The molecule has 0 fully saturated rings. The van der Waals surface area contributed by atoms with Crippen molar-refractivity contribution in [3.63, 3.8) is 0 Å². The number of hydrogen-bond acceptors (Lipinski definition) is 2. The first-order chi connectivity index (χ1) is 12.3. The average molecular weight is 335 g/mol. The number of anilines is 1. The van der Waals surface area contributed by atoms with Gasteiger partial charge in [-0.05, 0) is 61.5 Å². The Bertz CT molecular complexity index is 703. The topological polar surface area (TPSA) is 15.3 Å². The minimum Gasteiger partial charge on any atom is -0.377 e. The fourth-order valence-corrected chi connectivity index (χ4v) is 5.01. The molecule has 2 aromatic rings. The molecule has 3 unspecified atom stereocenters. The third-order valence-corrected chi connectivity index (χ3v) is 5.96. The summed E-state index contributed by atoms with van der Waals surface area (Å²) >= 11 is 0. The molecule has 1 aliphatic carbocycles. The average Bonchev–Trinajstić information content (AvgIpc) is 3.03. The van der Waals surface area contributed by atoms with Crippen LogP contribution in [0, 0.1) is 0 Å². The van der Waals surface area contributed by atoms with E-state index < -0.39 is 0 Å². The zero-order valence-electron chi connectivity index (χ0n) is 15.5. The van der Waals surface area contributed by atoms with E-state index in [2.05, 4.69) is 72.6 Å². The Labute approximate surface area is 152 Å². The summed E-state index contributed by atoms with van der Waals surface area (Å²) in [5.74, 6) is 0.620. The highest BCUT2D eigenvalue weighted by atomic mass is 15.2. The van der Waals surface area contributed by atoms with Gasteiger partial charge in [-0.15, -0.1) is 0 Å². The van der Waals surface area contributed by atoms with E-state index in [0.29, 0.717) is 18.0 Å². The van der Waals surface area contributed by atoms with E-state index in [-0.39, 0.29) is 0 Å². The van der Waals surface area contributed by atoms with E-state index in [1.54, 1.807) is 11.1 Å². The molecule has 0 saturated heterocycles. The van der Waals surface area contributed by atoms with Crippen molar-refractivity contribution >= 4 is 5.69 Å². The predicted octanol–water partition coefficient (Wildman–Crippen LogP) is 5.89. The van der Waals surface area contributed by atoms with Gasteiger partial charge in [0.15, 0.2) is 0 Å². The molecule has 3 atom stereocenters. The van der Waals surface area contributed by atoms with Gasteiger partial charge in [-0.1, -0.05) is 56.3 Å². The molecule has 1 N–H and O–H groups in total. The van der Waals surface area contributed by atoms with Crippen LogP contribution in [0.5, 0.6) is 0 Å². The fraction of sp³-hybridized carbons (Fsp3) is 0.478. The first-order valence-corrected chi connectivity index (χ1v) is 10.0. The second kappa shape index (κ2) is 7.21. The second-order valence-electron chi connectivity index (χ2n) is 7.58. The van der Waals surface area contributed by atoms with Crippen LogP contribution in [0.2, 0.25) is 0 Å².